The van der Waals surface area contributed by atoms with Crippen molar-refractivity contribution in [1.82, 2.24) is 10.2 Å². The van der Waals surface area contributed by atoms with E-state index in [4.69, 9.17) is 0 Å². The van der Waals surface area contributed by atoms with Crippen LogP contribution in [-0.4, -0.2) is 37.6 Å². The molecule has 0 saturated carbocycles. The standard InChI is InChI=1S/C8H18N2/c1-7(2)8-6-10(3)5-4-9-8/h7-9H,4-6H2,1-3H3/t8-/m1/s1. The van der Waals surface area contributed by atoms with Crippen molar-refractivity contribution in [2.75, 3.05) is 26.7 Å². The van der Waals surface area contributed by atoms with Crippen LogP contribution in [0.1, 0.15) is 13.8 Å². The molecule has 0 unspecified atom stereocenters. The molecule has 0 aromatic heterocycles. The lowest BCUT2D eigenvalue weighted by Crippen LogP contribution is -2.51. The number of nitrogens with one attached hydrogen (secondary N) is 1. The van der Waals surface area contributed by atoms with Gasteiger partial charge in [0.25, 0.3) is 0 Å². The molecule has 2 heteroatoms. The minimum absolute atomic E-state index is 0.707. The van der Waals surface area contributed by atoms with E-state index in [0.29, 0.717) is 6.04 Å². The lowest BCUT2D eigenvalue weighted by atomic mass is 10.0. The molecule has 10 heavy (non-hydrogen) atoms. The number of likely N-dealkylation sites (N-methyl/N-ethyl adjacent to an activating group) is 1. The Morgan fingerprint density at radius 1 is 1.50 bits per heavy atom. The molecule has 1 N–H and O–H groups in total. The Hall–Kier alpha value is -0.0800. The molecule has 1 aliphatic rings. The van der Waals surface area contributed by atoms with Crippen LogP contribution in [0.3, 0.4) is 0 Å². The highest BCUT2D eigenvalue weighted by atomic mass is 15.2. The first-order valence-corrected chi connectivity index (χ1v) is 4.12. The van der Waals surface area contributed by atoms with Crippen molar-refractivity contribution in [3.63, 3.8) is 0 Å². The average Bonchev–Trinajstić information content (AvgIpc) is 1.88. The van der Waals surface area contributed by atoms with Gasteiger partial charge in [-0.3, -0.25) is 0 Å². The summed E-state index contributed by atoms with van der Waals surface area (Å²) >= 11 is 0. The first kappa shape index (κ1) is 8.02. The Morgan fingerprint density at radius 3 is 2.60 bits per heavy atom. The van der Waals surface area contributed by atoms with Crippen molar-refractivity contribution in [2.45, 2.75) is 19.9 Å². The second kappa shape index (κ2) is 3.35. The number of hydrogen-bond acceptors (Lipinski definition) is 2. The summed E-state index contributed by atoms with van der Waals surface area (Å²) in [6.07, 6.45) is 0. The van der Waals surface area contributed by atoms with Gasteiger partial charge in [0, 0.05) is 25.7 Å². The predicted molar refractivity (Wildman–Crippen MR) is 44.1 cm³/mol. The van der Waals surface area contributed by atoms with Gasteiger partial charge in [0.05, 0.1) is 0 Å². The first-order valence-electron chi connectivity index (χ1n) is 4.12. The quantitative estimate of drug-likeness (QED) is 0.575. The van der Waals surface area contributed by atoms with Crippen LogP contribution in [0, 0.1) is 5.92 Å². The van der Waals surface area contributed by atoms with Crippen molar-refractivity contribution in [2.24, 2.45) is 5.92 Å². The van der Waals surface area contributed by atoms with Crippen molar-refractivity contribution < 1.29 is 0 Å². The highest BCUT2D eigenvalue weighted by molar-refractivity contribution is 4.78. The van der Waals surface area contributed by atoms with Crippen molar-refractivity contribution in [3.8, 4) is 0 Å². The van der Waals surface area contributed by atoms with Gasteiger partial charge in [0.15, 0.2) is 0 Å². The summed E-state index contributed by atoms with van der Waals surface area (Å²) in [4.78, 5) is 2.39. The maximum Gasteiger partial charge on any atom is 0.0218 e. The molecule has 0 bridgehead atoms. The van der Waals surface area contributed by atoms with Crippen LogP contribution >= 0.6 is 0 Å². The minimum Gasteiger partial charge on any atom is -0.311 e. The van der Waals surface area contributed by atoms with E-state index in [0.717, 1.165) is 12.5 Å². The molecule has 2 nitrogen and oxygen atoms in total. The lowest BCUT2D eigenvalue weighted by molar-refractivity contribution is 0.207. The van der Waals surface area contributed by atoms with E-state index in [2.05, 4.69) is 31.1 Å². The SMILES string of the molecule is CC(C)[C@H]1CN(C)CCN1. The monoisotopic (exact) mass is 142 g/mol. The Bertz CT molecular complexity index is 101. The Labute approximate surface area is 63.6 Å². The molecule has 0 aromatic carbocycles. The molecule has 0 spiro atoms. The van der Waals surface area contributed by atoms with Gasteiger partial charge in [-0.15, -0.1) is 0 Å². The van der Waals surface area contributed by atoms with Crippen molar-refractivity contribution in [1.29, 1.82) is 0 Å². The van der Waals surface area contributed by atoms with Crippen LogP contribution in [0.2, 0.25) is 0 Å². The summed E-state index contributed by atoms with van der Waals surface area (Å²) in [5, 5.41) is 3.51. The van der Waals surface area contributed by atoms with Gasteiger partial charge in [0.1, 0.15) is 0 Å². The summed E-state index contributed by atoms with van der Waals surface area (Å²) < 4.78 is 0. The smallest absolute Gasteiger partial charge is 0.0218 e. The van der Waals surface area contributed by atoms with E-state index >= 15 is 0 Å². The molecule has 0 radical (unpaired) electrons. The normalized spacial score (nSPS) is 29.4. The molecule has 1 rings (SSSR count). The van der Waals surface area contributed by atoms with E-state index in [1.807, 2.05) is 0 Å². The third-order valence-electron chi connectivity index (χ3n) is 2.21. The Morgan fingerprint density at radius 2 is 2.20 bits per heavy atom. The van der Waals surface area contributed by atoms with Crippen molar-refractivity contribution >= 4 is 0 Å². The Kier molecular flexibility index (Phi) is 2.69. The van der Waals surface area contributed by atoms with Gasteiger partial charge in [0.2, 0.25) is 0 Å². The zero-order valence-electron chi connectivity index (χ0n) is 7.22. The molecule has 1 fully saturated rings. The largest absolute Gasteiger partial charge is 0.311 e. The second-order valence-corrected chi connectivity index (χ2v) is 3.57. The highest BCUT2D eigenvalue weighted by Crippen LogP contribution is 2.05. The van der Waals surface area contributed by atoms with Gasteiger partial charge in [-0.2, -0.15) is 0 Å². The molecule has 1 saturated heterocycles. The number of nitrogens with zero attached hydrogens (tertiary/aromatic N) is 1. The summed E-state index contributed by atoms with van der Waals surface area (Å²) in [5.41, 5.74) is 0. The van der Waals surface area contributed by atoms with E-state index < -0.39 is 0 Å². The maximum atomic E-state index is 3.51. The molecule has 0 aromatic rings. The maximum absolute atomic E-state index is 3.51. The topological polar surface area (TPSA) is 15.3 Å². The highest BCUT2D eigenvalue weighted by Gasteiger charge is 2.18. The lowest BCUT2D eigenvalue weighted by Gasteiger charge is -2.33. The summed E-state index contributed by atoms with van der Waals surface area (Å²) in [7, 11) is 2.19. The second-order valence-electron chi connectivity index (χ2n) is 3.57. The van der Waals surface area contributed by atoms with Gasteiger partial charge < -0.3 is 10.2 Å². The zero-order valence-corrected chi connectivity index (χ0v) is 7.22. The van der Waals surface area contributed by atoms with E-state index in [9.17, 15) is 0 Å². The molecule has 60 valence electrons. The van der Waals surface area contributed by atoms with Crippen LogP contribution in [0.15, 0.2) is 0 Å². The molecule has 1 heterocycles. The average molecular weight is 142 g/mol. The van der Waals surface area contributed by atoms with E-state index in [1.165, 1.54) is 13.1 Å². The third kappa shape index (κ3) is 1.96. The van der Waals surface area contributed by atoms with Gasteiger partial charge in [-0.1, -0.05) is 13.8 Å². The van der Waals surface area contributed by atoms with Gasteiger partial charge in [-0.05, 0) is 13.0 Å². The van der Waals surface area contributed by atoms with Crippen LogP contribution in [0.4, 0.5) is 0 Å². The van der Waals surface area contributed by atoms with E-state index in [1.54, 1.807) is 0 Å². The molecule has 0 amide bonds. The van der Waals surface area contributed by atoms with Crippen LogP contribution in [0.5, 0.6) is 0 Å². The molecular formula is C8H18N2. The minimum atomic E-state index is 0.707. The zero-order chi connectivity index (χ0) is 7.56. The van der Waals surface area contributed by atoms with Crippen LogP contribution < -0.4 is 5.32 Å². The fourth-order valence-corrected chi connectivity index (χ4v) is 1.38. The molecule has 0 aliphatic carbocycles. The fraction of sp³-hybridized carbons (Fsp3) is 1.00. The van der Waals surface area contributed by atoms with Crippen molar-refractivity contribution in [3.05, 3.63) is 0 Å². The van der Waals surface area contributed by atoms with E-state index in [-0.39, 0.29) is 0 Å². The summed E-state index contributed by atoms with van der Waals surface area (Å²) in [6, 6.07) is 0.707. The summed E-state index contributed by atoms with van der Waals surface area (Å²) in [5.74, 6) is 0.766. The van der Waals surface area contributed by atoms with Crippen LogP contribution in [0.25, 0.3) is 0 Å². The number of piperazine rings is 1. The predicted octanol–water partition coefficient (Wildman–Crippen LogP) is 0.546. The first-order chi connectivity index (χ1) is 4.70. The Balaban J connectivity index is 2.32. The van der Waals surface area contributed by atoms with Gasteiger partial charge >= 0.3 is 0 Å². The molecule has 1 atom stereocenters. The molecule has 1 aliphatic heterocycles. The van der Waals surface area contributed by atoms with Gasteiger partial charge in [-0.25, -0.2) is 0 Å². The fourth-order valence-electron chi connectivity index (χ4n) is 1.38. The third-order valence-corrected chi connectivity index (χ3v) is 2.21. The van der Waals surface area contributed by atoms with Crippen LogP contribution in [-0.2, 0) is 0 Å². The number of hydrogen-bond donors (Lipinski definition) is 1. The molecular weight excluding hydrogens is 124 g/mol. The number of rotatable bonds is 1. The summed E-state index contributed by atoms with van der Waals surface area (Å²) in [6.45, 7) is 8.11.